The molecule has 0 aromatic rings. The van der Waals surface area contributed by atoms with E-state index in [0.717, 1.165) is 6.42 Å². The van der Waals surface area contributed by atoms with Crippen LogP contribution in [0.4, 0.5) is 0 Å². The van der Waals surface area contributed by atoms with Crippen molar-refractivity contribution in [1.29, 1.82) is 0 Å². The van der Waals surface area contributed by atoms with Crippen LogP contribution in [-0.4, -0.2) is 12.8 Å². The molecule has 0 amide bonds. The standard InChI is InChI=1S/C5H11NO/c1-4-3-5(4,6)7-2/h4H,3,6H2,1-2H3. The summed E-state index contributed by atoms with van der Waals surface area (Å²) >= 11 is 0. The number of rotatable bonds is 1. The van der Waals surface area contributed by atoms with Crippen molar-refractivity contribution in [2.75, 3.05) is 7.11 Å². The monoisotopic (exact) mass is 101 g/mol. The van der Waals surface area contributed by atoms with Gasteiger partial charge in [-0.15, -0.1) is 0 Å². The lowest BCUT2D eigenvalue weighted by Crippen LogP contribution is -2.26. The number of hydrogen-bond acceptors (Lipinski definition) is 2. The molecule has 1 aliphatic carbocycles. The molecular formula is C5H11NO. The number of ether oxygens (including phenoxy) is 1. The number of hydrogen-bond donors (Lipinski definition) is 1. The molecule has 0 saturated heterocycles. The minimum atomic E-state index is -0.250. The maximum atomic E-state index is 5.57. The van der Waals surface area contributed by atoms with Crippen molar-refractivity contribution in [3.63, 3.8) is 0 Å². The normalized spacial score (nSPS) is 49.3. The van der Waals surface area contributed by atoms with Gasteiger partial charge in [-0.1, -0.05) is 6.92 Å². The van der Waals surface area contributed by atoms with Gasteiger partial charge in [0, 0.05) is 13.0 Å². The molecule has 1 aliphatic rings. The van der Waals surface area contributed by atoms with Gasteiger partial charge >= 0.3 is 0 Å². The van der Waals surface area contributed by atoms with E-state index in [9.17, 15) is 0 Å². The van der Waals surface area contributed by atoms with Crippen LogP contribution in [0.2, 0.25) is 0 Å². The average Bonchev–Trinajstić information content (AvgIpc) is 2.18. The fraction of sp³-hybridized carbons (Fsp3) is 1.00. The van der Waals surface area contributed by atoms with Crippen LogP contribution < -0.4 is 5.73 Å². The first kappa shape index (κ1) is 5.06. The highest BCUT2D eigenvalue weighted by molar-refractivity contribution is 4.96. The SMILES string of the molecule is COC1(N)CC1C. The Hall–Kier alpha value is -0.0800. The minimum absolute atomic E-state index is 0.250. The van der Waals surface area contributed by atoms with Crippen LogP contribution in [0, 0.1) is 5.92 Å². The van der Waals surface area contributed by atoms with E-state index in [2.05, 4.69) is 6.92 Å². The first-order chi connectivity index (χ1) is 3.19. The van der Waals surface area contributed by atoms with E-state index in [1.165, 1.54) is 0 Å². The molecule has 1 fully saturated rings. The molecule has 2 unspecified atom stereocenters. The van der Waals surface area contributed by atoms with E-state index >= 15 is 0 Å². The largest absolute Gasteiger partial charge is 0.364 e. The van der Waals surface area contributed by atoms with Crippen molar-refractivity contribution < 1.29 is 4.74 Å². The van der Waals surface area contributed by atoms with E-state index in [-0.39, 0.29) is 5.72 Å². The molecule has 0 bridgehead atoms. The molecule has 0 radical (unpaired) electrons. The predicted octanol–water partition coefficient (Wildman–Crippen LogP) is 0.328. The van der Waals surface area contributed by atoms with Crippen LogP contribution in [0.1, 0.15) is 13.3 Å². The highest BCUT2D eigenvalue weighted by Gasteiger charge is 2.48. The van der Waals surface area contributed by atoms with Gasteiger partial charge in [-0.3, -0.25) is 0 Å². The van der Waals surface area contributed by atoms with Crippen LogP contribution in [0.5, 0.6) is 0 Å². The third-order valence-corrected chi connectivity index (χ3v) is 1.68. The lowest BCUT2D eigenvalue weighted by molar-refractivity contribution is 0.0736. The zero-order valence-corrected chi connectivity index (χ0v) is 4.77. The zero-order chi connectivity index (χ0) is 5.49. The summed E-state index contributed by atoms with van der Waals surface area (Å²) in [5, 5.41) is 0. The van der Waals surface area contributed by atoms with Gasteiger partial charge in [-0.25, -0.2) is 0 Å². The smallest absolute Gasteiger partial charge is 0.119 e. The molecule has 2 heteroatoms. The Morgan fingerprint density at radius 3 is 2.29 bits per heavy atom. The van der Waals surface area contributed by atoms with E-state index in [1.807, 2.05) is 0 Å². The zero-order valence-electron chi connectivity index (χ0n) is 4.77. The topological polar surface area (TPSA) is 35.2 Å². The molecule has 0 heterocycles. The first-order valence-electron chi connectivity index (χ1n) is 2.53. The van der Waals surface area contributed by atoms with Gasteiger partial charge in [0.2, 0.25) is 0 Å². The van der Waals surface area contributed by atoms with E-state index in [4.69, 9.17) is 10.5 Å². The van der Waals surface area contributed by atoms with Gasteiger partial charge in [0.25, 0.3) is 0 Å². The maximum Gasteiger partial charge on any atom is 0.119 e. The fourth-order valence-corrected chi connectivity index (χ4v) is 0.704. The molecule has 0 aromatic carbocycles. The highest BCUT2D eigenvalue weighted by atomic mass is 16.5. The van der Waals surface area contributed by atoms with Crippen LogP contribution in [-0.2, 0) is 4.74 Å². The van der Waals surface area contributed by atoms with Crippen LogP contribution >= 0.6 is 0 Å². The summed E-state index contributed by atoms with van der Waals surface area (Å²) in [6, 6.07) is 0. The van der Waals surface area contributed by atoms with Crippen molar-refractivity contribution in [2.24, 2.45) is 11.7 Å². The Morgan fingerprint density at radius 2 is 2.29 bits per heavy atom. The third kappa shape index (κ3) is 0.640. The van der Waals surface area contributed by atoms with Gasteiger partial charge in [-0.2, -0.15) is 0 Å². The van der Waals surface area contributed by atoms with Gasteiger partial charge in [0.05, 0.1) is 0 Å². The molecule has 2 N–H and O–H groups in total. The summed E-state index contributed by atoms with van der Waals surface area (Å²) in [7, 11) is 1.66. The van der Waals surface area contributed by atoms with Crippen molar-refractivity contribution >= 4 is 0 Å². The van der Waals surface area contributed by atoms with Crippen molar-refractivity contribution in [2.45, 2.75) is 19.1 Å². The second-order valence-corrected chi connectivity index (χ2v) is 2.26. The van der Waals surface area contributed by atoms with Gasteiger partial charge in [0.1, 0.15) is 5.72 Å². The molecule has 2 atom stereocenters. The summed E-state index contributed by atoms with van der Waals surface area (Å²) in [6.45, 7) is 2.09. The minimum Gasteiger partial charge on any atom is -0.364 e. The molecule has 2 nitrogen and oxygen atoms in total. The second-order valence-electron chi connectivity index (χ2n) is 2.26. The summed E-state index contributed by atoms with van der Waals surface area (Å²) in [5.74, 6) is 0.567. The van der Waals surface area contributed by atoms with Gasteiger partial charge in [-0.05, 0) is 6.42 Å². The highest BCUT2D eigenvalue weighted by Crippen LogP contribution is 2.40. The molecule has 0 aromatic heterocycles. The predicted molar refractivity (Wildman–Crippen MR) is 27.7 cm³/mol. The van der Waals surface area contributed by atoms with Crippen LogP contribution in [0.15, 0.2) is 0 Å². The summed E-state index contributed by atoms with van der Waals surface area (Å²) in [4.78, 5) is 0. The third-order valence-electron chi connectivity index (χ3n) is 1.68. The Kier molecular flexibility index (Phi) is 0.869. The second kappa shape index (κ2) is 1.20. The quantitative estimate of drug-likeness (QED) is 0.483. The molecule has 0 aliphatic heterocycles. The van der Waals surface area contributed by atoms with Crippen molar-refractivity contribution in [3.05, 3.63) is 0 Å². The Labute approximate surface area is 43.6 Å². The van der Waals surface area contributed by atoms with E-state index in [1.54, 1.807) is 7.11 Å². The van der Waals surface area contributed by atoms with E-state index < -0.39 is 0 Å². The van der Waals surface area contributed by atoms with Crippen molar-refractivity contribution in [3.8, 4) is 0 Å². The van der Waals surface area contributed by atoms with E-state index in [0.29, 0.717) is 5.92 Å². The lowest BCUT2D eigenvalue weighted by atomic mass is 10.4. The Bertz CT molecular complexity index is 80.1. The summed E-state index contributed by atoms with van der Waals surface area (Å²) in [5.41, 5.74) is 5.32. The van der Waals surface area contributed by atoms with Crippen LogP contribution in [0.3, 0.4) is 0 Å². The van der Waals surface area contributed by atoms with Crippen LogP contribution in [0.25, 0.3) is 0 Å². The lowest BCUT2D eigenvalue weighted by Gasteiger charge is -2.04. The number of methoxy groups -OCH3 is 1. The number of nitrogens with two attached hydrogens (primary N) is 1. The molecule has 0 spiro atoms. The van der Waals surface area contributed by atoms with Gasteiger partial charge < -0.3 is 10.5 Å². The maximum absolute atomic E-state index is 5.57. The Balaban J connectivity index is 2.36. The molecule has 1 rings (SSSR count). The Morgan fingerprint density at radius 1 is 1.86 bits per heavy atom. The van der Waals surface area contributed by atoms with Gasteiger partial charge in [0.15, 0.2) is 0 Å². The molecular weight excluding hydrogens is 90.1 g/mol. The fourth-order valence-electron chi connectivity index (χ4n) is 0.704. The molecule has 1 saturated carbocycles. The molecule has 42 valence electrons. The summed E-state index contributed by atoms with van der Waals surface area (Å²) < 4.78 is 4.94. The average molecular weight is 101 g/mol. The molecule has 7 heavy (non-hydrogen) atoms. The summed E-state index contributed by atoms with van der Waals surface area (Å²) in [6.07, 6.45) is 1.02. The van der Waals surface area contributed by atoms with Crippen molar-refractivity contribution in [1.82, 2.24) is 0 Å². The first-order valence-corrected chi connectivity index (χ1v) is 2.53.